The van der Waals surface area contributed by atoms with Crippen LogP contribution in [0.1, 0.15) is 23.2 Å². The SMILES string of the molecule is O=C(NC1(C(=O)O)CC1)c1cccc2nccnc12. The van der Waals surface area contributed by atoms with Crippen molar-refractivity contribution in [3.63, 3.8) is 0 Å². The third kappa shape index (κ3) is 1.91. The minimum Gasteiger partial charge on any atom is -0.480 e. The van der Waals surface area contributed by atoms with Crippen molar-refractivity contribution < 1.29 is 14.7 Å². The zero-order chi connectivity index (χ0) is 13.5. The summed E-state index contributed by atoms with van der Waals surface area (Å²) >= 11 is 0. The molecular weight excluding hydrogens is 246 g/mol. The highest BCUT2D eigenvalue weighted by Crippen LogP contribution is 2.36. The normalized spacial score (nSPS) is 16.0. The Balaban J connectivity index is 1.96. The number of fused-ring (bicyclic) bond motifs is 1. The summed E-state index contributed by atoms with van der Waals surface area (Å²) in [4.78, 5) is 31.5. The molecule has 0 bridgehead atoms. The largest absolute Gasteiger partial charge is 0.480 e. The van der Waals surface area contributed by atoms with Crippen LogP contribution >= 0.6 is 0 Å². The standard InChI is InChI=1S/C13H11N3O3/c17-11(16-13(4-5-13)12(18)19)8-2-1-3-9-10(8)15-7-6-14-9/h1-3,6-7H,4-5H2,(H,16,17)(H,18,19). The molecule has 0 saturated heterocycles. The van der Waals surface area contributed by atoms with Gasteiger partial charge in [0.2, 0.25) is 0 Å². The van der Waals surface area contributed by atoms with E-state index in [9.17, 15) is 9.59 Å². The number of carboxylic acids is 1. The molecule has 3 rings (SSSR count). The van der Waals surface area contributed by atoms with Crippen molar-refractivity contribution in [3.8, 4) is 0 Å². The number of hydrogen-bond donors (Lipinski definition) is 2. The van der Waals surface area contributed by atoms with E-state index in [0.717, 1.165) is 0 Å². The fraction of sp³-hybridized carbons (Fsp3) is 0.231. The molecule has 6 nitrogen and oxygen atoms in total. The average Bonchev–Trinajstić information content (AvgIpc) is 3.19. The number of aromatic nitrogens is 2. The monoisotopic (exact) mass is 257 g/mol. The lowest BCUT2D eigenvalue weighted by molar-refractivity contribution is -0.140. The van der Waals surface area contributed by atoms with Gasteiger partial charge < -0.3 is 10.4 Å². The van der Waals surface area contributed by atoms with Crippen LogP contribution < -0.4 is 5.32 Å². The maximum absolute atomic E-state index is 12.2. The van der Waals surface area contributed by atoms with Crippen molar-refractivity contribution in [2.45, 2.75) is 18.4 Å². The summed E-state index contributed by atoms with van der Waals surface area (Å²) < 4.78 is 0. The molecule has 1 aliphatic carbocycles. The van der Waals surface area contributed by atoms with Gasteiger partial charge >= 0.3 is 5.97 Å². The summed E-state index contributed by atoms with van der Waals surface area (Å²) in [6.45, 7) is 0. The van der Waals surface area contributed by atoms with Crippen molar-refractivity contribution in [1.82, 2.24) is 15.3 Å². The molecule has 2 N–H and O–H groups in total. The van der Waals surface area contributed by atoms with E-state index in [4.69, 9.17) is 5.11 Å². The van der Waals surface area contributed by atoms with Crippen LogP contribution in [0.5, 0.6) is 0 Å². The number of para-hydroxylation sites is 1. The summed E-state index contributed by atoms with van der Waals surface area (Å²) in [7, 11) is 0. The molecule has 1 saturated carbocycles. The van der Waals surface area contributed by atoms with E-state index in [1.54, 1.807) is 24.4 Å². The Labute approximate surface area is 108 Å². The highest BCUT2D eigenvalue weighted by atomic mass is 16.4. The number of benzene rings is 1. The first kappa shape index (κ1) is 11.6. The maximum atomic E-state index is 12.2. The van der Waals surface area contributed by atoms with Crippen LogP contribution in [0.25, 0.3) is 11.0 Å². The summed E-state index contributed by atoms with van der Waals surface area (Å²) in [6, 6.07) is 5.07. The number of aliphatic carboxylic acids is 1. The quantitative estimate of drug-likeness (QED) is 0.855. The highest BCUT2D eigenvalue weighted by molar-refractivity contribution is 6.06. The van der Waals surface area contributed by atoms with Gasteiger partial charge in [0.05, 0.1) is 11.1 Å². The van der Waals surface area contributed by atoms with Gasteiger partial charge in [-0.2, -0.15) is 0 Å². The third-order valence-electron chi connectivity index (χ3n) is 3.26. The van der Waals surface area contributed by atoms with Crippen molar-refractivity contribution in [1.29, 1.82) is 0 Å². The van der Waals surface area contributed by atoms with E-state index >= 15 is 0 Å². The number of hydrogen-bond acceptors (Lipinski definition) is 4. The maximum Gasteiger partial charge on any atom is 0.329 e. The third-order valence-corrected chi connectivity index (χ3v) is 3.26. The molecule has 0 aliphatic heterocycles. The number of carbonyl (C=O) groups excluding carboxylic acids is 1. The van der Waals surface area contributed by atoms with Gasteiger partial charge in [-0.15, -0.1) is 0 Å². The fourth-order valence-electron chi connectivity index (χ4n) is 1.98. The number of rotatable bonds is 3. The topological polar surface area (TPSA) is 92.2 Å². The molecule has 1 fully saturated rings. The summed E-state index contributed by atoms with van der Waals surface area (Å²) in [5.74, 6) is -1.42. The number of nitrogens with one attached hydrogen (secondary N) is 1. The van der Waals surface area contributed by atoms with Gasteiger partial charge in [0.25, 0.3) is 5.91 Å². The predicted octanol–water partition coefficient (Wildman–Crippen LogP) is 0.977. The van der Waals surface area contributed by atoms with E-state index in [2.05, 4.69) is 15.3 Å². The predicted molar refractivity (Wildman–Crippen MR) is 66.6 cm³/mol. The van der Waals surface area contributed by atoms with E-state index in [1.807, 2.05) is 0 Å². The number of carboxylic acid groups (broad SMARTS) is 1. The van der Waals surface area contributed by atoms with Crippen LogP contribution in [0.4, 0.5) is 0 Å². The van der Waals surface area contributed by atoms with Gasteiger partial charge in [-0.3, -0.25) is 14.8 Å². The van der Waals surface area contributed by atoms with Gasteiger partial charge in [-0.05, 0) is 25.0 Å². The van der Waals surface area contributed by atoms with Crippen LogP contribution in [0.2, 0.25) is 0 Å². The van der Waals surface area contributed by atoms with E-state index in [1.165, 1.54) is 6.20 Å². The van der Waals surface area contributed by atoms with E-state index < -0.39 is 17.4 Å². The summed E-state index contributed by atoms with van der Waals surface area (Å²) in [5, 5.41) is 11.6. The second kappa shape index (κ2) is 4.01. The second-order valence-electron chi connectivity index (χ2n) is 4.57. The lowest BCUT2D eigenvalue weighted by atomic mass is 10.1. The van der Waals surface area contributed by atoms with E-state index in [-0.39, 0.29) is 0 Å². The molecule has 2 aromatic rings. The Morgan fingerprint density at radius 2 is 1.95 bits per heavy atom. The van der Waals surface area contributed by atoms with Gasteiger partial charge in [-0.25, -0.2) is 4.79 Å². The zero-order valence-corrected chi connectivity index (χ0v) is 9.96. The molecule has 1 aliphatic rings. The van der Waals surface area contributed by atoms with Gasteiger partial charge in [0, 0.05) is 12.4 Å². The zero-order valence-electron chi connectivity index (χ0n) is 9.96. The molecule has 6 heteroatoms. The summed E-state index contributed by atoms with van der Waals surface area (Å²) in [5.41, 5.74) is 0.332. The van der Waals surface area contributed by atoms with Crippen molar-refractivity contribution >= 4 is 22.9 Å². The van der Waals surface area contributed by atoms with E-state index in [0.29, 0.717) is 29.4 Å². The van der Waals surface area contributed by atoms with Crippen LogP contribution in [0.3, 0.4) is 0 Å². The molecule has 1 aromatic heterocycles. The van der Waals surface area contributed by atoms with Crippen LogP contribution in [0, 0.1) is 0 Å². The Bertz CT molecular complexity index is 674. The van der Waals surface area contributed by atoms with Gasteiger partial charge in [-0.1, -0.05) is 6.07 Å². The van der Waals surface area contributed by atoms with Gasteiger partial charge in [0.1, 0.15) is 11.1 Å². The number of carbonyl (C=O) groups is 2. The molecule has 0 unspecified atom stereocenters. The number of amides is 1. The molecule has 0 atom stereocenters. The summed E-state index contributed by atoms with van der Waals surface area (Å²) in [6.07, 6.45) is 3.97. The molecule has 0 spiro atoms. The van der Waals surface area contributed by atoms with Crippen LogP contribution in [0.15, 0.2) is 30.6 Å². The molecule has 1 aromatic carbocycles. The first-order valence-electron chi connectivity index (χ1n) is 5.88. The molecule has 1 amide bonds. The Morgan fingerprint density at radius 1 is 1.21 bits per heavy atom. The van der Waals surface area contributed by atoms with Crippen molar-refractivity contribution in [2.75, 3.05) is 0 Å². The molecule has 96 valence electrons. The van der Waals surface area contributed by atoms with Crippen molar-refractivity contribution in [3.05, 3.63) is 36.2 Å². The Morgan fingerprint density at radius 3 is 2.63 bits per heavy atom. The second-order valence-corrected chi connectivity index (χ2v) is 4.57. The Hall–Kier alpha value is -2.50. The van der Waals surface area contributed by atoms with Crippen LogP contribution in [-0.4, -0.2) is 32.5 Å². The molecule has 1 heterocycles. The van der Waals surface area contributed by atoms with Gasteiger partial charge in [0.15, 0.2) is 0 Å². The molecular formula is C13H11N3O3. The molecule has 19 heavy (non-hydrogen) atoms. The Kier molecular flexibility index (Phi) is 2.45. The lowest BCUT2D eigenvalue weighted by Gasteiger charge is -2.13. The lowest BCUT2D eigenvalue weighted by Crippen LogP contribution is -2.43. The molecule has 0 radical (unpaired) electrons. The number of nitrogens with zero attached hydrogens (tertiary/aromatic N) is 2. The minimum atomic E-state index is -1.10. The fourth-order valence-corrected chi connectivity index (χ4v) is 1.98. The smallest absolute Gasteiger partial charge is 0.329 e. The first-order valence-corrected chi connectivity index (χ1v) is 5.88. The highest BCUT2D eigenvalue weighted by Gasteiger charge is 2.51. The van der Waals surface area contributed by atoms with Crippen molar-refractivity contribution in [2.24, 2.45) is 0 Å². The minimum absolute atomic E-state index is 0.345. The average molecular weight is 257 g/mol. The van der Waals surface area contributed by atoms with Crippen LogP contribution in [-0.2, 0) is 4.79 Å². The first-order chi connectivity index (χ1) is 9.12.